The molecule has 27 heavy (non-hydrogen) atoms. The van der Waals surface area contributed by atoms with Gasteiger partial charge in [-0.1, -0.05) is 0 Å². The Morgan fingerprint density at radius 2 is 2.11 bits per heavy atom. The highest BCUT2D eigenvalue weighted by molar-refractivity contribution is 5.44. The molecule has 0 N–H and O–H groups in total. The van der Waals surface area contributed by atoms with E-state index in [0.717, 1.165) is 24.5 Å². The second kappa shape index (κ2) is 7.56. The SMILES string of the molecule is Cc1oc(-c2ccco2)nc1CN(Cc1ccnc(OC(C)C)c1)C1CC1. The fourth-order valence-electron chi connectivity index (χ4n) is 3.12. The molecule has 1 fully saturated rings. The van der Waals surface area contributed by atoms with Gasteiger partial charge in [-0.2, -0.15) is 0 Å². The minimum atomic E-state index is 0.116. The molecule has 3 aromatic heterocycles. The first kappa shape index (κ1) is 17.8. The number of ether oxygens (including phenoxy) is 1. The van der Waals surface area contributed by atoms with Crippen LogP contribution in [0.4, 0.5) is 0 Å². The Labute approximate surface area is 159 Å². The zero-order valence-electron chi connectivity index (χ0n) is 16.0. The summed E-state index contributed by atoms with van der Waals surface area (Å²) >= 11 is 0. The molecule has 0 bridgehead atoms. The van der Waals surface area contributed by atoms with Crippen LogP contribution in [0.2, 0.25) is 0 Å². The van der Waals surface area contributed by atoms with Gasteiger partial charge in [-0.3, -0.25) is 4.90 Å². The van der Waals surface area contributed by atoms with E-state index in [9.17, 15) is 0 Å². The monoisotopic (exact) mass is 367 g/mol. The average molecular weight is 367 g/mol. The summed E-state index contributed by atoms with van der Waals surface area (Å²) in [4.78, 5) is 11.4. The van der Waals surface area contributed by atoms with Gasteiger partial charge in [0.2, 0.25) is 5.88 Å². The highest BCUT2D eigenvalue weighted by atomic mass is 16.5. The topological polar surface area (TPSA) is 64.5 Å². The minimum Gasteiger partial charge on any atom is -0.475 e. The standard InChI is InChI=1S/C21H25N3O3/c1-14(2)26-20-11-16(8-9-22-20)12-24(17-6-7-17)13-18-15(3)27-21(23-18)19-5-4-10-25-19/h4-5,8-11,14,17H,6-7,12-13H2,1-3H3. The lowest BCUT2D eigenvalue weighted by Crippen LogP contribution is -2.25. The van der Waals surface area contributed by atoms with Gasteiger partial charge in [-0.05, 0) is 57.4 Å². The first-order valence-corrected chi connectivity index (χ1v) is 9.44. The van der Waals surface area contributed by atoms with Crippen LogP contribution < -0.4 is 4.74 Å². The van der Waals surface area contributed by atoms with Crippen LogP contribution in [0.3, 0.4) is 0 Å². The number of furan rings is 1. The second-order valence-electron chi connectivity index (χ2n) is 7.30. The lowest BCUT2D eigenvalue weighted by Gasteiger charge is -2.21. The Bertz CT molecular complexity index is 882. The Hall–Kier alpha value is -2.60. The molecule has 6 heteroatoms. The van der Waals surface area contributed by atoms with E-state index in [2.05, 4.69) is 14.9 Å². The average Bonchev–Trinajstić information content (AvgIpc) is 3.20. The Balaban J connectivity index is 1.49. The number of aromatic nitrogens is 2. The third-order valence-electron chi connectivity index (χ3n) is 4.58. The Kier molecular flexibility index (Phi) is 4.99. The van der Waals surface area contributed by atoms with Crippen molar-refractivity contribution in [2.75, 3.05) is 0 Å². The number of rotatable bonds is 8. The molecule has 1 aliphatic rings. The summed E-state index contributed by atoms with van der Waals surface area (Å²) in [5.41, 5.74) is 2.15. The van der Waals surface area contributed by atoms with E-state index in [1.165, 1.54) is 18.4 Å². The van der Waals surface area contributed by atoms with Crippen molar-refractivity contribution >= 4 is 0 Å². The number of aryl methyl sites for hydroxylation is 1. The first-order chi connectivity index (χ1) is 13.1. The number of hydrogen-bond donors (Lipinski definition) is 0. The Morgan fingerprint density at radius 1 is 1.26 bits per heavy atom. The van der Waals surface area contributed by atoms with E-state index in [1.54, 1.807) is 6.26 Å². The number of pyridine rings is 1. The van der Waals surface area contributed by atoms with Crippen LogP contribution in [0.1, 0.15) is 43.7 Å². The highest BCUT2D eigenvalue weighted by Gasteiger charge is 2.30. The smallest absolute Gasteiger partial charge is 0.263 e. The van der Waals surface area contributed by atoms with Gasteiger partial charge in [-0.25, -0.2) is 9.97 Å². The molecule has 0 radical (unpaired) electrons. The van der Waals surface area contributed by atoms with Gasteiger partial charge in [0, 0.05) is 31.4 Å². The lowest BCUT2D eigenvalue weighted by molar-refractivity contribution is 0.228. The van der Waals surface area contributed by atoms with Crippen LogP contribution in [0.25, 0.3) is 11.7 Å². The summed E-state index contributed by atoms with van der Waals surface area (Å²) in [5.74, 6) is 2.72. The summed E-state index contributed by atoms with van der Waals surface area (Å²) in [6.45, 7) is 7.57. The van der Waals surface area contributed by atoms with Gasteiger partial charge >= 0.3 is 0 Å². The third-order valence-corrected chi connectivity index (χ3v) is 4.58. The largest absolute Gasteiger partial charge is 0.475 e. The normalized spacial score (nSPS) is 14.3. The van der Waals surface area contributed by atoms with Crippen molar-refractivity contribution in [2.45, 2.75) is 58.8 Å². The van der Waals surface area contributed by atoms with Crippen molar-refractivity contribution in [3.8, 4) is 17.5 Å². The predicted molar refractivity (Wildman–Crippen MR) is 101 cm³/mol. The molecular formula is C21H25N3O3. The van der Waals surface area contributed by atoms with Gasteiger partial charge in [-0.15, -0.1) is 0 Å². The molecule has 6 nitrogen and oxygen atoms in total. The van der Waals surface area contributed by atoms with Gasteiger partial charge in [0.15, 0.2) is 5.76 Å². The second-order valence-corrected chi connectivity index (χ2v) is 7.30. The molecule has 0 amide bonds. The van der Waals surface area contributed by atoms with Gasteiger partial charge in [0.25, 0.3) is 5.89 Å². The van der Waals surface area contributed by atoms with Crippen molar-refractivity contribution in [2.24, 2.45) is 0 Å². The molecule has 0 atom stereocenters. The predicted octanol–water partition coefficient (Wildman–Crippen LogP) is 4.59. The van der Waals surface area contributed by atoms with E-state index in [1.807, 2.05) is 51.2 Å². The molecule has 3 heterocycles. The lowest BCUT2D eigenvalue weighted by atomic mass is 10.2. The summed E-state index contributed by atoms with van der Waals surface area (Å²) in [6.07, 6.45) is 6.01. The molecule has 4 rings (SSSR count). The molecule has 0 unspecified atom stereocenters. The van der Waals surface area contributed by atoms with Gasteiger partial charge in [0.05, 0.1) is 18.1 Å². The molecular weight excluding hydrogens is 342 g/mol. The zero-order chi connectivity index (χ0) is 18.8. The molecule has 0 aromatic carbocycles. The quantitative estimate of drug-likeness (QED) is 0.580. The summed E-state index contributed by atoms with van der Waals surface area (Å²) in [5, 5.41) is 0. The van der Waals surface area contributed by atoms with E-state index < -0.39 is 0 Å². The first-order valence-electron chi connectivity index (χ1n) is 9.44. The minimum absolute atomic E-state index is 0.116. The van der Waals surface area contributed by atoms with Gasteiger partial charge in [0.1, 0.15) is 5.76 Å². The van der Waals surface area contributed by atoms with Crippen molar-refractivity contribution in [3.05, 3.63) is 53.7 Å². The Morgan fingerprint density at radius 3 is 2.81 bits per heavy atom. The maximum absolute atomic E-state index is 5.81. The van der Waals surface area contributed by atoms with Crippen molar-refractivity contribution in [1.82, 2.24) is 14.9 Å². The maximum atomic E-state index is 5.81. The van der Waals surface area contributed by atoms with E-state index >= 15 is 0 Å². The summed E-state index contributed by atoms with van der Waals surface area (Å²) in [7, 11) is 0. The van der Waals surface area contributed by atoms with Crippen molar-refractivity contribution in [3.63, 3.8) is 0 Å². The van der Waals surface area contributed by atoms with E-state index in [0.29, 0.717) is 23.6 Å². The molecule has 3 aromatic rings. The molecule has 142 valence electrons. The fourth-order valence-corrected chi connectivity index (χ4v) is 3.12. The van der Waals surface area contributed by atoms with Crippen LogP contribution in [0.15, 0.2) is 45.6 Å². The summed E-state index contributed by atoms with van der Waals surface area (Å²) in [6, 6.07) is 8.37. The molecule has 0 spiro atoms. The van der Waals surface area contributed by atoms with Gasteiger partial charge < -0.3 is 13.6 Å². The molecule has 1 saturated carbocycles. The molecule has 0 saturated heterocycles. The number of hydrogen-bond acceptors (Lipinski definition) is 6. The summed E-state index contributed by atoms with van der Waals surface area (Å²) < 4.78 is 16.9. The van der Waals surface area contributed by atoms with Crippen LogP contribution in [-0.2, 0) is 13.1 Å². The van der Waals surface area contributed by atoms with E-state index in [-0.39, 0.29) is 6.10 Å². The number of oxazole rings is 1. The zero-order valence-corrected chi connectivity index (χ0v) is 16.0. The van der Waals surface area contributed by atoms with Crippen LogP contribution in [0, 0.1) is 6.92 Å². The van der Waals surface area contributed by atoms with Crippen LogP contribution in [0.5, 0.6) is 5.88 Å². The molecule has 1 aliphatic carbocycles. The number of nitrogens with zero attached hydrogens (tertiary/aromatic N) is 3. The van der Waals surface area contributed by atoms with Crippen molar-refractivity contribution in [1.29, 1.82) is 0 Å². The molecule has 0 aliphatic heterocycles. The van der Waals surface area contributed by atoms with Crippen molar-refractivity contribution < 1.29 is 13.6 Å². The van der Waals surface area contributed by atoms with E-state index in [4.69, 9.17) is 13.6 Å². The van der Waals surface area contributed by atoms with Crippen LogP contribution in [-0.4, -0.2) is 27.0 Å². The maximum Gasteiger partial charge on any atom is 0.263 e. The van der Waals surface area contributed by atoms with Crippen LogP contribution >= 0.6 is 0 Å². The fraction of sp³-hybridized carbons (Fsp3) is 0.429. The third kappa shape index (κ3) is 4.39. The highest BCUT2D eigenvalue weighted by Crippen LogP contribution is 2.31.